The predicted octanol–water partition coefficient (Wildman–Crippen LogP) is 0.960. The predicted molar refractivity (Wildman–Crippen MR) is 53.3 cm³/mol. The first kappa shape index (κ1) is 11.5. The third-order valence-electron chi connectivity index (χ3n) is 3.07. The van der Waals surface area contributed by atoms with E-state index in [1.165, 1.54) is 0 Å². The van der Waals surface area contributed by atoms with Crippen LogP contribution in [0.15, 0.2) is 0 Å². The molecule has 4 nitrogen and oxygen atoms in total. The van der Waals surface area contributed by atoms with Crippen molar-refractivity contribution in [1.82, 2.24) is 4.90 Å². The van der Waals surface area contributed by atoms with Crippen LogP contribution < -0.4 is 0 Å². The lowest BCUT2D eigenvalue weighted by molar-refractivity contribution is -0.154. The van der Waals surface area contributed by atoms with Crippen molar-refractivity contribution in [1.29, 1.82) is 0 Å². The van der Waals surface area contributed by atoms with E-state index in [-0.39, 0.29) is 6.61 Å². The molecule has 2 unspecified atom stereocenters. The molecule has 0 aromatic rings. The molecule has 14 heavy (non-hydrogen) atoms. The first-order chi connectivity index (χ1) is 6.52. The van der Waals surface area contributed by atoms with Gasteiger partial charge in [0, 0.05) is 13.2 Å². The van der Waals surface area contributed by atoms with Gasteiger partial charge in [-0.2, -0.15) is 0 Å². The Hall–Kier alpha value is -0.610. The number of nitrogens with zero attached hydrogens (tertiary/aromatic N) is 1. The lowest BCUT2D eigenvalue weighted by Gasteiger charge is -2.37. The van der Waals surface area contributed by atoms with Crippen molar-refractivity contribution >= 4 is 5.97 Å². The Morgan fingerprint density at radius 3 is 2.71 bits per heavy atom. The number of aliphatic carboxylic acids is 1. The van der Waals surface area contributed by atoms with Gasteiger partial charge in [-0.25, -0.2) is 0 Å². The number of carboxylic acids is 1. The molecule has 2 atom stereocenters. The van der Waals surface area contributed by atoms with Crippen LogP contribution >= 0.6 is 0 Å². The van der Waals surface area contributed by atoms with Gasteiger partial charge >= 0.3 is 5.97 Å². The summed E-state index contributed by atoms with van der Waals surface area (Å²) in [5.41, 5.74) is -0.870. The molecule has 1 heterocycles. The molecule has 1 aliphatic rings. The summed E-state index contributed by atoms with van der Waals surface area (Å²) in [5, 5.41) is 9.22. The summed E-state index contributed by atoms with van der Waals surface area (Å²) in [6, 6.07) is 0.339. The molecule has 0 aromatic heterocycles. The average Bonchev–Trinajstić information content (AvgIpc) is 2.51. The van der Waals surface area contributed by atoms with Crippen LogP contribution in [0.4, 0.5) is 0 Å². The lowest BCUT2D eigenvalue weighted by Crippen LogP contribution is -2.56. The molecule has 0 saturated carbocycles. The van der Waals surface area contributed by atoms with Crippen molar-refractivity contribution in [3.05, 3.63) is 0 Å². The Morgan fingerprint density at radius 2 is 2.36 bits per heavy atom. The van der Waals surface area contributed by atoms with Gasteiger partial charge < -0.3 is 9.84 Å². The Bertz CT molecular complexity index is 219. The molecule has 1 fully saturated rings. The molecule has 0 radical (unpaired) electrons. The zero-order chi connectivity index (χ0) is 10.8. The number of methoxy groups -OCH3 is 1. The number of ether oxygens (including phenoxy) is 1. The number of hydrogen-bond acceptors (Lipinski definition) is 3. The highest BCUT2D eigenvalue weighted by Crippen LogP contribution is 2.27. The van der Waals surface area contributed by atoms with Gasteiger partial charge in [0.05, 0.1) is 6.61 Å². The van der Waals surface area contributed by atoms with Gasteiger partial charge in [0.2, 0.25) is 0 Å². The number of likely N-dealkylation sites (tertiary alicyclic amines) is 1. The zero-order valence-electron chi connectivity index (χ0n) is 9.12. The number of hydrogen-bond donors (Lipinski definition) is 1. The van der Waals surface area contributed by atoms with E-state index in [1.807, 2.05) is 4.90 Å². The maximum absolute atomic E-state index is 11.2. The fraction of sp³-hybridized carbons (Fsp3) is 0.900. The summed E-state index contributed by atoms with van der Waals surface area (Å²) in [4.78, 5) is 13.2. The van der Waals surface area contributed by atoms with Crippen LogP contribution in [0.2, 0.25) is 0 Å². The topological polar surface area (TPSA) is 49.8 Å². The second-order valence-corrected chi connectivity index (χ2v) is 4.20. The van der Waals surface area contributed by atoms with Gasteiger partial charge in [0.1, 0.15) is 5.54 Å². The molecule has 0 bridgehead atoms. The highest BCUT2D eigenvalue weighted by molar-refractivity contribution is 5.78. The molecular weight excluding hydrogens is 182 g/mol. The summed E-state index contributed by atoms with van der Waals surface area (Å²) >= 11 is 0. The maximum atomic E-state index is 11.2. The summed E-state index contributed by atoms with van der Waals surface area (Å²) < 4.78 is 5.01. The number of carbonyl (C=O) groups is 1. The van der Waals surface area contributed by atoms with E-state index >= 15 is 0 Å². The zero-order valence-corrected chi connectivity index (χ0v) is 9.12. The number of rotatable bonds is 4. The monoisotopic (exact) mass is 201 g/mol. The fourth-order valence-electron chi connectivity index (χ4n) is 2.21. The summed E-state index contributed by atoms with van der Waals surface area (Å²) in [5.74, 6) is -0.798. The minimum atomic E-state index is -0.870. The average molecular weight is 201 g/mol. The van der Waals surface area contributed by atoms with Crippen molar-refractivity contribution in [3.63, 3.8) is 0 Å². The van der Waals surface area contributed by atoms with Gasteiger partial charge in [0.15, 0.2) is 0 Å². The van der Waals surface area contributed by atoms with Crippen LogP contribution in [0.5, 0.6) is 0 Å². The quantitative estimate of drug-likeness (QED) is 0.736. The van der Waals surface area contributed by atoms with E-state index in [1.54, 1.807) is 14.0 Å². The van der Waals surface area contributed by atoms with Gasteiger partial charge in [-0.1, -0.05) is 0 Å². The third-order valence-corrected chi connectivity index (χ3v) is 3.07. The maximum Gasteiger partial charge on any atom is 0.326 e. The second-order valence-electron chi connectivity index (χ2n) is 4.20. The molecule has 0 aliphatic carbocycles. The molecular formula is C10H19NO3. The van der Waals surface area contributed by atoms with E-state index in [4.69, 9.17) is 4.74 Å². The van der Waals surface area contributed by atoms with E-state index < -0.39 is 11.5 Å². The van der Waals surface area contributed by atoms with E-state index in [2.05, 4.69) is 6.92 Å². The van der Waals surface area contributed by atoms with E-state index in [9.17, 15) is 9.90 Å². The summed E-state index contributed by atoms with van der Waals surface area (Å²) in [6.45, 7) is 4.91. The van der Waals surface area contributed by atoms with Crippen molar-refractivity contribution < 1.29 is 14.6 Å². The Kier molecular flexibility index (Phi) is 3.50. The summed E-state index contributed by atoms with van der Waals surface area (Å²) in [6.07, 6.45) is 2.15. The SMILES string of the molecule is COCC(C)(C(=O)O)N1CCCC1C. The van der Waals surface area contributed by atoms with Crippen LogP contribution in [0, 0.1) is 0 Å². The highest BCUT2D eigenvalue weighted by atomic mass is 16.5. The largest absolute Gasteiger partial charge is 0.480 e. The lowest BCUT2D eigenvalue weighted by atomic mass is 10.0. The second kappa shape index (κ2) is 4.28. The fourth-order valence-corrected chi connectivity index (χ4v) is 2.21. The molecule has 0 spiro atoms. The van der Waals surface area contributed by atoms with Gasteiger partial charge in [-0.05, 0) is 33.2 Å². The molecule has 0 aromatic carbocycles. The van der Waals surface area contributed by atoms with Crippen molar-refractivity contribution in [2.24, 2.45) is 0 Å². The molecule has 1 saturated heterocycles. The first-order valence-electron chi connectivity index (χ1n) is 5.01. The number of carboxylic acid groups (broad SMARTS) is 1. The van der Waals surface area contributed by atoms with Crippen LogP contribution in [-0.4, -0.2) is 47.8 Å². The first-order valence-corrected chi connectivity index (χ1v) is 5.01. The molecule has 4 heteroatoms. The minimum Gasteiger partial charge on any atom is -0.480 e. The van der Waals surface area contributed by atoms with Crippen LogP contribution in [0.25, 0.3) is 0 Å². The highest BCUT2D eigenvalue weighted by Gasteiger charge is 2.43. The van der Waals surface area contributed by atoms with Crippen LogP contribution in [-0.2, 0) is 9.53 Å². The van der Waals surface area contributed by atoms with Crippen molar-refractivity contribution in [2.45, 2.75) is 38.3 Å². The molecule has 1 rings (SSSR count). The third kappa shape index (κ3) is 1.91. The Labute approximate surface area is 84.8 Å². The molecule has 1 N–H and O–H groups in total. The Morgan fingerprint density at radius 1 is 1.71 bits per heavy atom. The molecule has 82 valence electrons. The Balaban J connectivity index is 2.80. The van der Waals surface area contributed by atoms with Gasteiger partial charge in [0.25, 0.3) is 0 Å². The minimum absolute atomic E-state index is 0.243. The van der Waals surface area contributed by atoms with Crippen molar-refractivity contribution in [2.75, 3.05) is 20.3 Å². The van der Waals surface area contributed by atoms with Crippen LogP contribution in [0.3, 0.4) is 0 Å². The van der Waals surface area contributed by atoms with E-state index in [0.717, 1.165) is 19.4 Å². The summed E-state index contributed by atoms with van der Waals surface area (Å²) in [7, 11) is 1.54. The van der Waals surface area contributed by atoms with Gasteiger partial charge in [-0.15, -0.1) is 0 Å². The van der Waals surface area contributed by atoms with Crippen molar-refractivity contribution in [3.8, 4) is 0 Å². The van der Waals surface area contributed by atoms with Crippen LogP contribution in [0.1, 0.15) is 26.7 Å². The normalized spacial score (nSPS) is 27.5. The van der Waals surface area contributed by atoms with E-state index in [0.29, 0.717) is 6.04 Å². The van der Waals surface area contributed by atoms with Gasteiger partial charge in [-0.3, -0.25) is 9.69 Å². The molecule has 0 amide bonds. The molecule has 1 aliphatic heterocycles. The standard InChI is InChI=1S/C10H19NO3/c1-8-5-4-6-11(8)10(2,7-14-3)9(12)13/h8H,4-7H2,1-3H3,(H,12,13). The smallest absolute Gasteiger partial charge is 0.326 e.